The molecule has 0 radical (unpaired) electrons. The van der Waals surface area contributed by atoms with E-state index in [1.165, 1.54) is 5.57 Å². The van der Waals surface area contributed by atoms with Crippen molar-refractivity contribution in [2.45, 2.75) is 25.8 Å². The maximum atomic E-state index is 5.86. The number of rotatable bonds is 4. The van der Waals surface area contributed by atoms with Gasteiger partial charge in [-0.25, -0.2) is 0 Å². The van der Waals surface area contributed by atoms with Crippen molar-refractivity contribution in [2.75, 3.05) is 19.8 Å². The fraction of sp³-hybridized carbons (Fsp3) is 0.778. The lowest BCUT2D eigenvalue weighted by Crippen LogP contribution is -2.29. The molecule has 0 saturated carbocycles. The summed E-state index contributed by atoms with van der Waals surface area (Å²) in [5, 5.41) is 0. The molecule has 0 aliphatic carbocycles. The second kappa shape index (κ2) is 5.17. The lowest BCUT2D eigenvalue weighted by molar-refractivity contribution is 0.135. The fourth-order valence-corrected chi connectivity index (χ4v) is 1.21. The highest BCUT2D eigenvalue weighted by Crippen LogP contribution is 2.14. The van der Waals surface area contributed by atoms with Gasteiger partial charge in [-0.05, 0) is 25.3 Å². The Kier molecular flexibility index (Phi) is 4.11. The van der Waals surface area contributed by atoms with E-state index < -0.39 is 0 Å². The maximum Gasteiger partial charge on any atom is 0.0876 e. The summed E-state index contributed by atoms with van der Waals surface area (Å²) in [4.78, 5) is 0. The minimum atomic E-state index is 0.0187. The predicted octanol–water partition coefficient (Wildman–Crippen LogP) is 1.04. The Bertz CT molecular complexity index is 157. The third-order valence-electron chi connectivity index (χ3n) is 1.94. The summed E-state index contributed by atoms with van der Waals surface area (Å²) < 4.78 is 10.4. The number of nitrogens with two attached hydrogens (primary N) is 1. The Morgan fingerprint density at radius 2 is 2.58 bits per heavy atom. The van der Waals surface area contributed by atoms with Crippen LogP contribution in [0.1, 0.15) is 19.8 Å². The van der Waals surface area contributed by atoms with Gasteiger partial charge in [0.25, 0.3) is 0 Å². The highest BCUT2D eigenvalue weighted by molar-refractivity contribution is 5.08. The van der Waals surface area contributed by atoms with Gasteiger partial charge in [-0.3, -0.25) is 0 Å². The molecule has 2 N–H and O–H groups in total. The van der Waals surface area contributed by atoms with Gasteiger partial charge >= 0.3 is 0 Å². The zero-order valence-corrected chi connectivity index (χ0v) is 7.58. The molecule has 1 aliphatic heterocycles. The summed E-state index contributed by atoms with van der Waals surface area (Å²) in [6, 6.07) is 0.0187. The lowest BCUT2D eigenvalue weighted by Gasteiger charge is -2.19. The number of ether oxygens (including phenoxy) is 2. The molecule has 0 amide bonds. The van der Waals surface area contributed by atoms with Crippen LogP contribution in [0.3, 0.4) is 0 Å². The first-order chi connectivity index (χ1) is 5.84. The Hall–Kier alpha value is -0.540. The Morgan fingerprint density at radius 3 is 3.17 bits per heavy atom. The van der Waals surface area contributed by atoms with E-state index in [0.29, 0.717) is 6.61 Å². The van der Waals surface area contributed by atoms with Crippen molar-refractivity contribution in [3.8, 4) is 0 Å². The van der Waals surface area contributed by atoms with Gasteiger partial charge in [0.15, 0.2) is 0 Å². The van der Waals surface area contributed by atoms with Crippen molar-refractivity contribution in [1.29, 1.82) is 0 Å². The second-order valence-electron chi connectivity index (χ2n) is 2.93. The highest BCUT2D eigenvalue weighted by atomic mass is 16.5. The van der Waals surface area contributed by atoms with Gasteiger partial charge < -0.3 is 15.2 Å². The van der Waals surface area contributed by atoms with E-state index >= 15 is 0 Å². The molecule has 0 bridgehead atoms. The summed E-state index contributed by atoms with van der Waals surface area (Å²) >= 11 is 0. The lowest BCUT2D eigenvalue weighted by atomic mass is 10.0. The first kappa shape index (κ1) is 9.55. The van der Waals surface area contributed by atoms with Crippen LogP contribution in [0.15, 0.2) is 11.8 Å². The van der Waals surface area contributed by atoms with Crippen LogP contribution in [0.2, 0.25) is 0 Å². The molecular weight excluding hydrogens is 154 g/mol. The van der Waals surface area contributed by atoms with E-state index in [9.17, 15) is 0 Å². The Balaban J connectivity index is 2.29. The maximum absolute atomic E-state index is 5.86. The standard InChI is InChI=1S/C9H17NO2/c1-2-11-7-9(10)8-4-3-5-12-6-8/h6,9H,2-5,7,10H2,1H3. The fourth-order valence-electron chi connectivity index (χ4n) is 1.21. The van der Waals surface area contributed by atoms with Crippen LogP contribution >= 0.6 is 0 Å². The second-order valence-corrected chi connectivity index (χ2v) is 2.93. The smallest absolute Gasteiger partial charge is 0.0876 e. The third-order valence-corrected chi connectivity index (χ3v) is 1.94. The van der Waals surface area contributed by atoms with Gasteiger partial charge in [-0.2, -0.15) is 0 Å². The molecule has 1 atom stereocenters. The van der Waals surface area contributed by atoms with Crippen LogP contribution < -0.4 is 5.73 Å². The molecule has 3 nitrogen and oxygen atoms in total. The van der Waals surface area contributed by atoms with Gasteiger partial charge in [0.05, 0.1) is 25.5 Å². The van der Waals surface area contributed by atoms with Gasteiger partial charge in [-0.1, -0.05) is 0 Å². The SMILES string of the molecule is CCOCC(N)C1=COCCC1. The molecule has 0 aromatic rings. The molecular formula is C9H17NO2. The molecule has 0 saturated heterocycles. The quantitative estimate of drug-likeness (QED) is 0.687. The van der Waals surface area contributed by atoms with Crippen LogP contribution in [-0.2, 0) is 9.47 Å². The average molecular weight is 171 g/mol. The van der Waals surface area contributed by atoms with Crippen LogP contribution in [0.25, 0.3) is 0 Å². The summed E-state index contributed by atoms with van der Waals surface area (Å²) in [6.45, 7) is 4.12. The Labute approximate surface area is 73.5 Å². The van der Waals surface area contributed by atoms with E-state index in [-0.39, 0.29) is 6.04 Å². The van der Waals surface area contributed by atoms with Crippen LogP contribution in [0, 0.1) is 0 Å². The first-order valence-electron chi connectivity index (χ1n) is 4.48. The minimum absolute atomic E-state index is 0.0187. The normalized spacial score (nSPS) is 19.7. The van der Waals surface area contributed by atoms with E-state index in [2.05, 4.69) is 0 Å². The Morgan fingerprint density at radius 1 is 1.75 bits per heavy atom. The molecule has 1 aliphatic rings. The molecule has 1 rings (SSSR count). The number of hydrogen-bond donors (Lipinski definition) is 1. The van der Waals surface area contributed by atoms with Crippen LogP contribution in [0.4, 0.5) is 0 Å². The zero-order chi connectivity index (χ0) is 8.81. The molecule has 0 fully saturated rings. The molecule has 0 aromatic carbocycles. The average Bonchev–Trinajstić information content (AvgIpc) is 2.15. The van der Waals surface area contributed by atoms with Gasteiger partial charge in [0, 0.05) is 6.61 Å². The van der Waals surface area contributed by atoms with Crippen molar-refractivity contribution in [2.24, 2.45) is 5.73 Å². The van der Waals surface area contributed by atoms with Crippen molar-refractivity contribution < 1.29 is 9.47 Å². The predicted molar refractivity (Wildman–Crippen MR) is 47.7 cm³/mol. The van der Waals surface area contributed by atoms with Crippen molar-refractivity contribution in [3.63, 3.8) is 0 Å². The topological polar surface area (TPSA) is 44.5 Å². The minimum Gasteiger partial charge on any atom is -0.501 e. The monoisotopic (exact) mass is 171 g/mol. The van der Waals surface area contributed by atoms with Crippen molar-refractivity contribution in [1.82, 2.24) is 0 Å². The summed E-state index contributed by atoms with van der Waals surface area (Å²) in [7, 11) is 0. The van der Waals surface area contributed by atoms with Crippen LogP contribution in [-0.4, -0.2) is 25.9 Å². The molecule has 12 heavy (non-hydrogen) atoms. The number of hydrogen-bond acceptors (Lipinski definition) is 3. The largest absolute Gasteiger partial charge is 0.501 e. The molecule has 3 heteroatoms. The zero-order valence-electron chi connectivity index (χ0n) is 7.58. The molecule has 70 valence electrons. The van der Waals surface area contributed by atoms with Crippen molar-refractivity contribution in [3.05, 3.63) is 11.8 Å². The third kappa shape index (κ3) is 2.83. The van der Waals surface area contributed by atoms with Gasteiger partial charge in [0.1, 0.15) is 0 Å². The van der Waals surface area contributed by atoms with E-state index in [1.807, 2.05) is 6.92 Å². The summed E-state index contributed by atoms with van der Waals surface area (Å²) in [5.41, 5.74) is 7.04. The summed E-state index contributed by atoms with van der Waals surface area (Å²) in [6.07, 6.45) is 3.91. The van der Waals surface area contributed by atoms with Crippen LogP contribution in [0.5, 0.6) is 0 Å². The van der Waals surface area contributed by atoms with Crippen molar-refractivity contribution >= 4 is 0 Å². The molecule has 1 unspecified atom stereocenters. The highest BCUT2D eigenvalue weighted by Gasteiger charge is 2.12. The molecule has 1 heterocycles. The van der Waals surface area contributed by atoms with E-state index in [0.717, 1.165) is 26.1 Å². The molecule has 0 spiro atoms. The van der Waals surface area contributed by atoms with E-state index in [4.69, 9.17) is 15.2 Å². The summed E-state index contributed by atoms with van der Waals surface area (Å²) in [5.74, 6) is 0. The van der Waals surface area contributed by atoms with Gasteiger partial charge in [0.2, 0.25) is 0 Å². The van der Waals surface area contributed by atoms with Gasteiger partial charge in [-0.15, -0.1) is 0 Å². The first-order valence-corrected chi connectivity index (χ1v) is 4.48. The van der Waals surface area contributed by atoms with E-state index in [1.54, 1.807) is 6.26 Å². The molecule has 0 aromatic heterocycles.